The molecule has 0 spiro atoms. The quantitative estimate of drug-likeness (QED) is 0.340. The summed E-state index contributed by atoms with van der Waals surface area (Å²) in [5.41, 5.74) is 4.79. The molecule has 4 nitrogen and oxygen atoms in total. The second-order valence-electron chi connectivity index (χ2n) is 10.5. The molecule has 1 fully saturated rings. The largest absolute Gasteiger partial charge is 0.498 e. The van der Waals surface area contributed by atoms with Gasteiger partial charge in [-0.2, -0.15) is 0 Å². The molecule has 0 N–H and O–H groups in total. The SMILES string of the molecule is CC1(C)c2ccccc2-c2c1ccc1c2Oc2cccc(B3OC(C)(C)C(C)(C)O3)c2O1. The highest BCUT2D eigenvalue weighted by atomic mass is 16.7. The minimum atomic E-state index is -0.519. The minimum Gasteiger partial charge on any atom is -0.450 e. The van der Waals surface area contributed by atoms with E-state index in [1.54, 1.807) is 0 Å². The molecule has 0 bridgehead atoms. The first-order valence-electron chi connectivity index (χ1n) is 11.2. The van der Waals surface area contributed by atoms with Crippen molar-refractivity contribution in [2.75, 3.05) is 0 Å². The Morgan fingerprint density at radius 1 is 0.625 bits per heavy atom. The van der Waals surface area contributed by atoms with Crippen LogP contribution in [-0.2, 0) is 14.7 Å². The Morgan fingerprint density at radius 2 is 1.28 bits per heavy atom. The molecule has 1 saturated heterocycles. The maximum atomic E-state index is 6.54. The third kappa shape index (κ3) is 2.52. The smallest absolute Gasteiger partial charge is 0.450 e. The molecule has 3 aromatic carbocycles. The van der Waals surface area contributed by atoms with Gasteiger partial charge in [-0.15, -0.1) is 0 Å². The van der Waals surface area contributed by atoms with E-state index in [1.807, 2.05) is 24.3 Å². The molecule has 3 aliphatic rings. The molecule has 0 radical (unpaired) electrons. The van der Waals surface area contributed by atoms with Gasteiger partial charge in [0.25, 0.3) is 0 Å². The normalized spacial score (nSPS) is 20.5. The van der Waals surface area contributed by atoms with Crippen LogP contribution in [0.2, 0.25) is 0 Å². The number of benzene rings is 3. The second-order valence-corrected chi connectivity index (χ2v) is 10.5. The second kappa shape index (κ2) is 6.18. The molecule has 1 aliphatic carbocycles. The Balaban J connectivity index is 1.46. The maximum absolute atomic E-state index is 6.54. The Morgan fingerprint density at radius 3 is 2.03 bits per heavy atom. The standard InChI is InChI=1S/C27H27BO4/c1-25(2)17-11-8-7-10-16(17)22-18(25)14-15-21-24(22)30-20-13-9-12-19(23(20)29-21)28-31-26(3,4)27(5,6)32-28/h7-15H,1-6H3. The lowest BCUT2D eigenvalue weighted by molar-refractivity contribution is 0.00578. The fourth-order valence-corrected chi connectivity index (χ4v) is 5.02. The molecule has 2 heterocycles. The highest BCUT2D eigenvalue weighted by Crippen LogP contribution is 2.58. The van der Waals surface area contributed by atoms with Gasteiger partial charge >= 0.3 is 7.12 Å². The van der Waals surface area contributed by atoms with Gasteiger partial charge in [0.1, 0.15) is 0 Å². The highest BCUT2D eigenvalue weighted by molar-refractivity contribution is 6.63. The molecule has 3 aromatic rings. The summed E-state index contributed by atoms with van der Waals surface area (Å²) in [7, 11) is -0.519. The van der Waals surface area contributed by atoms with Crippen LogP contribution in [0.5, 0.6) is 23.0 Å². The zero-order chi connectivity index (χ0) is 22.5. The summed E-state index contributed by atoms with van der Waals surface area (Å²) in [5, 5.41) is 0. The van der Waals surface area contributed by atoms with Gasteiger partial charge in [0.2, 0.25) is 0 Å². The number of rotatable bonds is 1. The van der Waals surface area contributed by atoms with Crippen molar-refractivity contribution in [2.24, 2.45) is 0 Å². The molecule has 0 aromatic heterocycles. The van der Waals surface area contributed by atoms with Gasteiger partial charge in [-0.25, -0.2) is 0 Å². The van der Waals surface area contributed by atoms with E-state index >= 15 is 0 Å². The van der Waals surface area contributed by atoms with Crippen LogP contribution in [-0.4, -0.2) is 18.3 Å². The molecule has 0 amide bonds. The van der Waals surface area contributed by atoms with Gasteiger partial charge < -0.3 is 18.8 Å². The number of para-hydroxylation sites is 1. The summed E-state index contributed by atoms with van der Waals surface area (Å²) in [5.74, 6) is 2.83. The van der Waals surface area contributed by atoms with Crippen molar-refractivity contribution in [2.45, 2.75) is 58.2 Å². The van der Waals surface area contributed by atoms with Gasteiger partial charge in [0.05, 0.1) is 11.2 Å². The van der Waals surface area contributed by atoms with E-state index in [1.165, 1.54) is 16.7 Å². The van der Waals surface area contributed by atoms with E-state index in [9.17, 15) is 0 Å². The van der Waals surface area contributed by atoms with Crippen LogP contribution >= 0.6 is 0 Å². The molecular weight excluding hydrogens is 399 g/mol. The van der Waals surface area contributed by atoms with Crippen LogP contribution in [0.3, 0.4) is 0 Å². The Kier molecular flexibility index (Phi) is 3.84. The summed E-state index contributed by atoms with van der Waals surface area (Å²) in [4.78, 5) is 0. The fraction of sp³-hybridized carbons (Fsp3) is 0.333. The average Bonchev–Trinajstić information content (AvgIpc) is 3.12. The van der Waals surface area contributed by atoms with Crippen LogP contribution in [0.25, 0.3) is 11.1 Å². The molecule has 0 unspecified atom stereocenters. The number of ether oxygens (including phenoxy) is 2. The maximum Gasteiger partial charge on any atom is 0.498 e. The lowest BCUT2D eigenvalue weighted by atomic mass is 9.78. The first-order valence-corrected chi connectivity index (χ1v) is 11.2. The lowest BCUT2D eigenvalue weighted by Gasteiger charge is -2.32. The summed E-state index contributed by atoms with van der Waals surface area (Å²) >= 11 is 0. The Labute approximate surface area is 189 Å². The summed E-state index contributed by atoms with van der Waals surface area (Å²) < 4.78 is 25.6. The molecule has 32 heavy (non-hydrogen) atoms. The zero-order valence-electron chi connectivity index (χ0n) is 19.4. The Hall–Kier alpha value is -2.76. The predicted octanol–water partition coefficient (Wildman–Crippen LogP) is 6.19. The van der Waals surface area contributed by atoms with E-state index < -0.39 is 18.3 Å². The number of fused-ring (bicyclic) bond motifs is 6. The van der Waals surface area contributed by atoms with Crippen molar-refractivity contribution in [3.8, 4) is 34.1 Å². The minimum absolute atomic E-state index is 0.0882. The topological polar surface area (TPSA) is 36.9 Å². The van der Waals surface area contributed by atoms with Crippen molar-refractivity contribution in [3.05, 3.63) is 65.7 Å². The monoisotopic (exact) mass is 426 g/mol. The molecule has 6 rings (SSSR count). The summed E-state index contributed by atoms with van der Waals surface area (Å²) in [6.45, 7) is 12.7. The van der Waals surface area contributed by atoms with Crippen LogP contribution in [0, 0.1) is 0 Å². The van der Waals surface area contributed by atoms with Crippen molar-refractivity contribution >= 4 is 12.6 Å². The van der Waals surface area contributed by atoms with Crippen molar-refractivity contribution < 1.29 is 18.8 Å². The molecule has 162 valence electrons. The van der Waals surface area contributed by atoms with E-state index in [2.05, 4.69) is 71.9 Å². The predicted molar refractivity (Wildman–Crippen MR) is 126 cm³/mol. The molecular formula is C27H27BO4. The zero-order valence-corrected chi connectivity index (χ0v) is 19.4. The third-order valence-electron chi connectivity index (χ3n) is 7.61. The number of hydrogen-bond acceptors (Lipinski definition) is 4. The first-order chi connectivity index (χ1) is 15.1. The molecule has 0 atom stereocenters. The van der Waals surface area contributed by atoms with Gasteiger partial charge in [-0.05, 0) is 56.5 Å². The Bertz CT molecular complexity index is 1260. The first kappa shape index (κ1) is 19.9. The van der Waals surface area contributed by atoms with E-state index in [4.69, 9.17) is 18.8 Å². The lowest BCUT2D eigenvalue weighted by Crippen LogP contribution is -2.41. The van der Waals surface area contributed by atoms with Gasteiger partial charge in [-0.3, -0.25) is 0 Å². The molecule has 5 heteroatoms. The molecule has 2 aliphatic heterocycles. The van der Waals surface area contributed by atoms with E-state index in [0.717, 1.165) is 16.8 Å². The van der Waals surface area contributed by atoms with Crippen molar-refractivity contribution in [1.82, 2.24) is 0 Å². The summed E-state index contributed by atoms with van der Waals surface area (Å²) in [6.07, 6.45) is 0. The van der Waals surface area contributed by atoms with Crippen LogP contribution < -0.4 is 14.9 Å². The van der Waals surface area contributed by atoms with Crippen molar-refractivity contribution in [1.29, 1.82) is 0 Å². The van der Waals surface area contributed by atoms with E-state index in [-0.39, 0.29) is 5.41 Å². The fourth-order valence-electron chi connectivity index (χ4n) is 5.02. The third-order valence-corrected chi connectivity index (χ3v) is 7.61. The summed E-state index contributed by atoms with van der Waals surface area (Å²) in [6, 6.07) is 18.6. The van der Waals surface area contributed by atoms with Gasteiger partial charge in [0.15, 0.2) is 23.0 Å². The van der Waals surface area contributed by atoms with Crippen molar-refractivity contribution in [3.63, 3.8) is 0 Å². The molecule has 0 saturated carbocycles. The number of hydrogen-bond donors (Lipinski definition) is 0. The van der Waals surface area contributed by atoms with Crippen LogP contribution in [0.1, 0.15) is 52.7 Å². The van der Waals surface area contributed by atoms with Gasteiger partial charge in [0, 0.05) is 16.4 Å². The highest BCUT2D eigenvalue weighted by Gasteiger charge is 2.53. The van der Waals surface area contributed by atoms with E-state index in [0.29, 0.717) is 17.2 Å². The van der Waals surface area contributed by atoms with Crippen LogP contribution in [0.4, 0.5) is 0 Å². The average molecular weight is 426 g/mol. The van der Waals surface area contributed by atoms with Crippen LogP contribution in [0.15, 0.2) is 54.6 Å². The van der Waals surface area contributed by atoms with Gasteiger partial charge in [-0.1, -0.05) is 56.3 Å².